The van der Waals surface area contributed by atoms with Crippen LogP contribution >= 0.6 is 11.3 Å². The van der Waals surface area contributed by atoms with Gasteiger partial charge >= 0.3 is 0 Å². The highest BCUT2D eigenvalue weighted by atomic mass is 32.1. The molecule has 0 unspecified atom stereocenters. The van der Waals surface area contributed by atoms with E-state index in [2.05, 4.69) is 15.0 Å². The quantitative estimate of drug-likeness (QED) is 0.850. The summed E-state index contributed by atoms with van der Waals surface area (Å²) in [6.07, 6.45) is 3.97. The van der Waals surface area contributed by atoms with Gasteiger partial charge in [0.25, 0.3) is 0 Å². The first kappa shape index (κ1) is 15.4. The Morgan fingerprint density at radius 2 is 2.04 bits per heavy atom. The van der Waals surface area contributed by atoms with Crippen molar-refractivity contribution in [3.8, 4) is 0 Å². The molecule has 8 heteroatoms. The van der Waals surface area contributed by atoms with Crippen molar-refractivity contribution in [3.05, 3.63) is 34.3 Å². The highest BCUT2D eigenvalue weighted by Crippen LogP contribution is 2.41. The van der Waals surface area contributed by atoms with Crippen molar-refractivity contribution in [3.63, 3.8) is 0 Å². The fourth-order valence-electron chi connectivity index (χ4n) is 3.61. The molecule has 4 heterocycles. The molecule has 2 saturated heterocycles. The normalized spacial score (nSPS) is 23.7. The number of rotatable bonds is 3. The second-order valence-corrected chi connectivity index (χ2v) is 7.55. The summed E-state index contributed by atoms with van der Waals surface area (Å²) in [6, 6.07) is 0. The van der Waals surface area contributed by atoms with Crippen LogP contribution in [-0.4, -0.2) is 45.4 Å². The van der Waals surface area contributed by atoms with Crippen molar-refractivity contribution >= 4 is 23.2 Å². The molecule has 1 amide bonds. The topological polar surface area (TPSA) is 62.2 Å². The third-order valence-corrected chi connectivity index (χ3v) is 5.69. The highest BCUT2D eigenvalue weighted by molar-refractivity contribution is 7.09. The van der Waals surface area contributed by atoms with Crippen LogP contribution in [0.15, 0.2) is 17.8 Å². The SMILES string of the molecule is Cc1nc(CN2CC[C@@]3(CCN(c4ncc(F)cn4)C3)C2=O)cs1. The molecule has 6 nitrogen and oxygen atoms in total. The Kier molecular flexibility index (Phi) is 3.71. The van der Waals surface area contributed by atoms with Crippen molar-refractivity contribution < 1.29 is 9.18 Å². The molecule has 0 aliphatic carbocycles. The van der Waals surface area contributed by atoms with Crippen LogP contribution in [0.4, 0.5) is 10.3 Å². The van der Waals surface area contributed by atoms with E-state index >= 15 is 0 Å². The van der Waals surface area contributed by atoms with E-state index in [0.717, 1.165) is 36.6 Å². The highest BCUT2D eigenvalue weighted by Gasteiger charge is 2.51. The summed E-state index contributed by atoms with van der Waals surface area (Å²) in [7, 11) is 0. The van der Waals surface area contributed by atoms with E-state index in [1.165, 1.54) is 12.4 Å². The molecule has 0 aromatic carbocycles. The van der Waals surface area contributed by atoms with E-state index in [4.69, 9.17) is 0 Å². The third-order valence-electron chi connectivity index (χ3n) is 4.86. The monoisotopic (exact) mass is 347 g/mol. The molecule has 4 rings (SSSR count). The first-order valence-corrected chi connectivity index (χ1v) is 8.87. The number of anilines is 1. The maximum Gasteiger partial charge on any atom is 0.231 e. The van der Waals surface area contributed by atoms with Gasteiger partial charge in [0.05, 0.1) is 35.1 Å². The molecule has 0 radical (unpaired) electrons. The van der Waals surface area contributed by atoms with Crippen LogP contribution in [0.3, 0.4) is 0 Å². The zero-order chi connectivity index (χ0) is 16.7. The van der Waals surface area contributed by atoms with E-state index in [-0.39, 0.29) is 11.3 Å². The molecule has 0 saturated carbocycles. The summed E-state index contributed by atoms with van der Waals surface area (Å²) < 4.78 is 13.0. The Morgan fingerprint density at radius 1 is 1.29 bits per heavy atom. The maximum atomic E-state index is 13.0. The van der Waals surface area contributed by atoms with Crippen LogP contribution < -0.4 is 4.90 Å². The standard InChI is InChI=1S/C16H18FN5OS/c1-11-20-13(9-24-11)8-21-4-2-16(14(21)23)3-5-22(10-16)15-18-6-12(17)7-19-15/h6-7,9H,2-5,8,10H2,1H3/t16-/m0/s1. The van der Waals surface area contributed by atoms with E-state index in [0.29, 0.717) is 19.0 Å². The molecule has 2 aromatic heterocycles. The first-order valence-electron chi connectivity index (χ1n) is 7.99. The fourth-order valence-corrected chi connectivity index (χ4v) is 4.21. The number of aromatic nitrogens is 3. The van der Waals surface area contributed by atoms with Crippen LogP contribution in [-0.2, 0) is 11.3 Å². The Hall–Kier alpha value is -2.09. The van der Waals surface area contributed by atoms with Crippen molar-refractivity contribution in [2.75, 3.05) is 24.5 Å². The van der Waals surface area contributed by atoms with Crippen molar-refractivity contribution in [2.45, 2.75) is 26.3 Å². The van der Waals surface area contributed by atoms with Gasteiger partial charge in [-0.3, -0.25) is 4.79 Å². The minimum Gasteiger partial charge on any atom is -0.340 e. The molecule has 0 N–H and O–H groups in total. The smallest absolute Gasteiger partial charge is 0.231 e. The lowest BCUT2D eigenvalue weighted by atomic mass is 9.85. The van der Waals surface area contributed by atoms with Crippen molar-refractivity contribution in [2.24, 2.45) is 5.41 Å². The maximum absolute atomic E-state index is 13.0. The van der Waals surface area contributed by atoms with Gasteiger partial charge in [-0.25, -0.2) is 19.3 Å². The average Bonchev–Trinajstić information content (AvgIpc) is 3.26. The number of amides is 1. The predicted molar refractivity (Wildman–Crippen MR) is 88.1 cm³/mol. The summed E-state index contributed by atoms with van der Waals surface area (Å²) >= 11 is 1.61. The second kappa shape index (κ2) is 5.77. The van der Waals surface area contributed by atoms with Gasteiger partial charge in [0.2, 0.25) is 11.9 Å². The zero-order valence-corrected chi connectivity index (χ0v) is 14.2. The minimum atomic E-state index is -0.450. The lowest BCUT2D eigenvalue weighted by Gasteiger charge is -2.23. The number of nitrogens with zero attached hydrogens (tertiary/aromatic N) is 5. The Labute approximate surface area is 143 Å². The van der Waals surface area contributed by atoms with Crippen LogP contribution in [0.25, 0.3) is 0 Å². The average molecular weight is 347 g/mol. The third kappa shape index (κ3) is 2.64. The van der Waals surface area contributed by atoms with Gasteiger partial charge in [0.1, 0.15) is 0 Å². The Balaban J connectivity index is 1.46. The second-order valence-electron chi connectivity index (χ2n) is 6.49. The number of thiazole rings is 1. The lowest BCUT2D eigenvalue weighted by molar-refractivity contribution is -0.135. The van der Waals surface area contributed by atoms with E-state index in [9.17, 15) is 9.18 Å². The van der Waals surface area contributed by atoms with E-state index in [1.54, 1.807) is 11.3 Å². The van der Waals surface area contributed by atoms with Crippen LogP contribution in [0.2, 0.25) is 0 Å². The number of hydrogen-bond acceptors (Lipinski definition) is 6. The molecule has 2 fully saturated rings. The summed E-state index contributed by atoms with van der Waals surface area (Å²) in [5.41, 5.74) is 0.600. The van der Waals surface area contributed by atoms with Crippen molar-refractivity contribution in [1.29, 1.82) is 0 Å². The first-order chi connectivity index (χ1) is 11.6. The Bertz CT molecular complexity index is 764. The van der Waals surface area contributed by atoms with E-state index < -0.39 is 5.82 Å². The molecule has 2 aliphatic rings. The van der Waals surface area contributed by atoms with Gasteiger partial charge in [-0.1, -0.05) is 0 Å². The van der Waals surface area contributed by atoms with Crippen molar-refractivity contribution in [1.82, 2.24) is 19.9 Å². The predicted octanol–water partition coefficient (Wildman–Crippen LogP) is 2.01. The molecule has 126 valence electrons. The molecule has 0 bridgehead atoms. The molecular formula is C16H18FN5OS. The van der Waals surface area contributed by atoms with Gasteiger partial charge in [-0.05, 0) is 19.8 Å². The van der Waals surface area contributed by atoms with Gasteiger partial charge in [-0.15, -0.1) is 11.3 Å². The summed E-state index contributed by atoms with van der Waals surface area (Å²) in [5.74, 6) is 0.238. The van der Waals surface area contributed by atoms with Gasteiger partial charge in [-0.2, -0.15) is 0 Å². The van der Waals surface area contributed by atoms with Gasteiger partial charge in [0, 0.05) is 25.0 Å². The number of carbonyl (C=O) groups is 1. The summed E-state index contributed by atoms with van der Waals surface area (Å²) in [4.78, 5) is 29.4. The molecular weight excluding hydrogens is 329 g/mol. The minimum absolute atomic E-state index is 0.192. The summed E-state index contributed by atoms with van der Waals surface area (Å²) in [6.45, 7) is 4.63. The molecule has 1 spiro atoms. The van der Waals surface area contributed by atoms with Gasteiger partial charge in [0.15, 0.2) is 5.82 Å². The van der Waals surface area contributed by atoms with Gasteiger partial charge < -0.3 is 9.80 Å². The Morgan fingerprint density at radius 3 is 2.75 bits per heavy atom. The number of hydrogen-bond donors (Lipinski definition) is 0. The number of carbonyl (C=O) groups excluding carboxylic acids is 1. The number of likely N-dealkylation sites (tertiary alicyclic amines) is 1. The van der Waals surface area contributed by atoms with Crippen LogP contribution in [0.1, 0.15) is 23.5 Å². The number of halogens is 1. The number of aryl methyl sites for hydroxylation is 1. The molecule has 24 heavy (non-hydrogen) atoms. The summed E-state index contributed by atoms with van der Waals surface area (Å²) in [5, 5.41) is 3.04. The zero-order valence-electron chi connectivity index (χ0n) is 13.4. The molecule has 1 atom stereocenters. The lowest BCUT2D eigenvalue weighted by Crippen LogP contribution is -2.37. The van der Waals surface area contributed by atoms with Crippen LogP contribution in [0, 0.1) is 18.2 Å². The largest absolute Gasteiger partial charge is 0.340 e. The van der Waals surface area contributed by atoms with Crippen LogP contribution in [0.5, 0.6) is 0 Å². The van der Waals surface area contributed by atoms with E-state index in [1.807, 2.05) is 22.1 Å². The molecule has 2 aliphatic heterocycles. The molecule has 2 aromatic rings. The fraction of sp³-hybridized carbons (Fsp3) is 0.500.